The molecule has 1 aliphatic carbocycles. The first kappa shape index (κ1) is 16.8. The number of hydrogen-bond donors (Lipinski definition) is 0. The van der Waals surface area contributed by atoms with Gasteiger partial charge in [-0.2, -0.15) is 0 Å². The quantitative estimate of drug-likeness (QED) is 0.754. The average Bonchev–Trinajstić information content (AvgIpc) is 2.81. The van der Waals surface area contributed by atoms with Crippen molar-refractivity contribution in [3.8, 4) is 5.75 Å². The first-order valence-corrected chi connectivity index (χ1v) is 9.81. The summed E-state index contributed by atoms with van der Waals surface area (Å²) >= 11 is 0. The molecule has 3 aliphatic heterocycles. The summed E-state index contributed by atoms with van der Waals surface area (Å²) in [5, 5.41) is 0. The minimum absolute atomic E-state index is 0.150. The maximum atomic E-state index is 13.4. The molecule has 1 aromatic rings. The topological polar surface area (TPSA) is 38.8 Å². The summed E-state index contributed by atoms with van der Waals surface area (Å²) in [5.41, 5.74) is 1.87. The molecule has 0 saturated carbocycles. The lowest BCUT2D eigenvalue weighted by Gasteiger charge is -2.57. The van der Waals surface area contributed by atoms with Gasteiger partial charge in [-0.15, -0.1) is 0 Å². The molecule has 3 fully saturated rings. The number of ether oxygens (including phenoxy) is 2. The van der Waals surface area contributed by atoms with E-state index in [2.05, 4.69) is 24.0 Å². The Morgan fingerprint density at radius 2 is 2.00 bits per heavy atom. The Bertz CT molecular complexity index is 881. The van der Waals surface area contributed by atoms with Crippen molar-refractivity contribution in [1.82, 2.24) is 4.90 Å². The van der Waals surface area contributed by atoms with Crippen LogP contribution in [-0.2, 0) is 14.9 Å². The van der Waals surface area contributed by atoms with E-state index in [1.165, 1.54) is 12.8 Å². The van der Waals surface area contributed by atoms with Crippen molar-refractivity contribution in [3.05, 3.63) is 65.3 Å². The number of carbonyl (C=O) groups is 1. The number of fused-ring (bicyclic) bond motifs is 4. The molecule has 1 aromatic carbocycles. The summed E-state index contributed by atoms with van der Waals surface area (Å²) in [6.45, 7) is 3.99. The number of carbonyl (C=O) groups excluding carboxylic acids is 1. The number of allylic oxidation sites excluding steroid dienone is 4. The molecule has 3 saturated heterocycles. The monoisotopic (exact) mass is 363 g/mol. The Kier molecular flexibility index (Phi) is 3.63. The van der Waals surface area contributed by atoms with Crippen LogP contribution in [0.3, 0.4) is 0 Å². The predicted molar refractivity (Wildman–Crippen MR) is 104 cm³/mol. The van der Waals surface area contributed by atoms with Gasteiger partial charge in [-0.3, -0.25) is 9.69 Å². The van der Waals surface area contributed by atoms with Gasteiger partial charge in [0, 0.05) is 12.1 Å². The minimum Gasteiger partial charge on any atom is -0.497 e. The highest BCUT2D eigenvalue weighted by Gasteiger charge is 2.69. The van der Waals surface area contributed by atoms with E-state index >= 15 is 0 Å². The van der Waals surface area contributed by atoms with Gasteiger partial charge in [-0.1, -0.05) is 48.4 Å². The normalized spacial score (nSPS) is 34.7. The summed E-state index contributed by atoms with van der Waals surface area (Å²) in [7, 11) is 1.66. The van der Waals surface area contributed by atoms with Crippen LogP contribution in [0.1, 0.15) is 31.7 Å². The van der Waals surface area contributed by atoms with E-state index in [1.54, 1.807) is 7.11 Å². The van der Waals surface area contributed by atoms with Gasteiger partial charge in [0.25, 0.3) is 0 Å². The second-order valence-electron chi connectivity index (χ2n) is 8.12. The van der Waals surface area contributed by atoms with E-state index < -0.39 is 11.0 Å². The maximum absolute atomic E-state index is 13.4. The van der Waals surface area contributed by atoms with Crippen molar-refractivity contribution < 1.29 is 14.3 Å². The smallest absolute Gasteiger partial charge is 0.325 e. The van der Waals surface area contributed by atoms with Gasteiger partial charge in [0.2, 0.25) is 0 Å². The summed E-state index contributed by atoms with van der Waals surface area (Å²) < 4.78 is 11.6. The Morgan fingerprint density at radius 3 is 2.74 bits per heavy atom. The van der Waals surface area contributed by atoms with Gasteiger partial charge in [-0.25, -0.2) is 0 Å². The highest BCUT2D eigenvalue weighted by Crippen LogP contribution is 2.57. The van der Waals surface area contributed by atoms with Gasteiger partial charge in [0.05, 0.1) is 13.2 Å². The van der Waals surface area contributed by atoms with E-state index in [1.807, 2.05) is 36.4 Å². The number of piperidine rings is 1. The van der Waals surface area contributed by atoms with Gasteiger partial charge in [-0.05, 0) is 44.0 Å². The molecule has 0 aromatic heterocycles. The first-order chi connectivity index (χ1) is 13.1. The van der Waals surface area contributed by atoms with Gasteiger partial charge in [0.15, 0.2) is 5.60 Å². The average molecular weight is 363 g/mol. The zero-order chi connectivity index (χ0) is 18.6. The highest BCUT2D eigenvalue weighted by molar-refractivity contribution is 5.95. The Hall–Kier alpha value is -2.33. The molecule has 3 atom stereocenters. The van der Waals surface area contributed by atoms with E-state index in [-0.39, 0.29) is 5.97 Å². The number of benzene rings is 1. The summed E-state index contributed by atoms with van der Waals surface area (Å²) in [4.78, 5) is 15.9. The SMILES string of the molecule is COc1ccc(C23C=CC(C)=CC=C2[C@@]2(CN4CCCC[C@H]42)OC3=O)cc1. The molecular weight excluding hydrogens is 338 g/mol. The van der Waals surface area contributed by atoms with Crippen molar-refractivity contribution in [1.29, 1.82) is 0 Å². The van der Waals surface area contributed by atoms with Crippen LogP contribution in [0.5, 0.6) is 5.75 Å². The lowest BCUT2D eigenvalue weighted by Crippen LogP contribution is -2.71. The van der Waals surface area contributed by atoms with Crippen LogP contribution in [-0.4, -0.2) is 42.7 Å². The second kappa shape index (κ2) is 5.83. The largest absolute Gasteiger partial charge is 0.497 e. The van der Waals surface area contributed by atoms with Crippen LogP contribution in [0.2, 0.25) is 0 Å². The number of methoxy groups -OCH3 is 1. The van der Waals surface area contributed by atoms with Crippen LogP contribution in [0.4, 0.5) is 0 Å². The number of nitrogens with zero attached hydrogens (tertiary/aromatic N) is 1. The van der Waals surface area contributed by atoms with Crippen LogP contribution < -0.4 is 4.74 Å². The molecule has 5 rings (SSSR count). The lowest BCUT2D eigenvalue weighted by atomic mass is 9.64. The second-order valence-corrected chi connectivity index (χ2v) is 8.12. The summed E-state index contributed by atoms with van der Waals surface area (Å²) in [6.07, 6.45) is 11.9. The molecule has 3 heterocycles. The number of hydrogen-bond acceptors (Lipinski definition) is 4. The fraction of sp³-hybridized carbons (Fsp3) is 0.435. The van der Waals surface area contributed by atoms with Gasteiger partial charge in [0.1, 0.15) is 11.2 Å². The molecule has 4 heteroatoms. The lowest BCUT2D eigenvalue weighted by molar-refractivity contribution is -0.180. The maximum Gasteiger partial charge on any atom is 0.325 e. The summed E-state index contributed by atoms with van der Waals surface area (Å²) in [6, 6.07) is 8.14. The Morgan fingerprint density at radius 1 is 1.19 bits per heavy atom. The van der Waals surface area contributed by atoms with Crippen LogP contribution in [0.25, 0.3) is 0 Å². The van der Waals surface area contributed by atoms with Crippen molar-refractivity contribution in [2.75, 3.05) is 20.2 Å². The summed E-state index contributed by atoms with van der Waals surface area (Å²) in [5.74, 6) is 0.638. The third kappa shape index (κ3) is 2.16. The molecule has 0 radical (unpaired) electrons. The standard InChI is InChI=1S/C23H25NO3/c1-16-6-11-19-22(13-12-16,17-7-9-18(26-2)10-8-17)21(25)27-23(19)15-24-14-4-3-5-20(23)24/h6-13,20H,3-5,14-15H2,1-2H3/t20-,22?,23+/m0/s1. The molecule has 0 bridgehead atoms. The Labute approximate surface area is 160 Å². The number of esters is 1. The predicted octanol–water partition coefficient (Wildman–Crippen LogP) is 3.54. The van der Waals surface area contributed by atoms with Crippen molar-refractivity contribution in [2.24, 2.45) is 0 Å². The zero-order valence-corrected chi connectivity index (χ0v) is 15.9. The van der Waals surface area contributed by atoms with E-state index in [4.69, 9.17) is 9.47 Å². The molecule has 1 spiro atoms. The third-order valence-electron chi connectivity index (χ3n) is 6.72. The van der Waals surface area contributed by atoms with Crippen molar-refractivity contribution in [2.45, 2.75) is 43.2 Å². The molecule has 4 nitrogen and oxygen atoms in total. The molecule has 1 unspecified atom stereocenters. The molecule has 4 aliphatic rings. The third-order valence-corrected chi connectivity index (χ3v) is 6.72. The molecule has 0 amide bonds. The number of rotatable bonds is 2. The molecule has 0 N–H and O–H groups in total. The van der Waals surface area contributed by atoms with E-state index in [9.17, 15) is 4.79 Å². The van der Waals surface area contributed by atoms with E-state index in [0.29, 0.717) is 6.04 Å². The van der Waals surface area contributed by atoms with Crippen LogP contribution in [0.15, 0.2) is 59.7 Å². The highest BCUT2D eigenvalue weighted by atomic mass is 16.6. The molecule has 27 heavy (non-hydrogen) atoms. The van der Waals surface area contributed by atoms with E-state index in [0.717, 1.165) is 42.0 Å². The minimum atomic E-state index is -0.843. The zero-order valence-electron chi connectivity index (χ0n) is 15.9. The fourth-order valence-electron chi connectivity index (χ4n) is 5.29. The van der Waals surface area contributed by atoms with Gasteiger partial charge < -0.3 is 9.47 Å². The van der Waals surface area contributed by atoms with Crippen molar-refractivity contribution in [3.63, 3.8) is 0 Å². The molecule has 140 valence electrons. The van der Waals surface area contributed by atoms with Crippen LogP contribution in [0, 0.1) is 0 Å². The molecular formula is C23H25NO3. The first-order valence-electron chi connectivity index (χ1n) is 9.81. The van der Waals surface area contributed by atoms with Gasteiger partial charge >= 0.3 is 5.97 Å². The Balaban J connectivity index is 1.66. The van der Waals surface area contributed by atoms with Crippen LogP contribution >= 0.6 is 0 Å². The fourth-order valence-corrected chi connectivity index (χ4v) is 5.29. The van der Waals surface area contributed by atoms with Crippen molar-refractivity contribution >= 4 is 5.97 Å².